The highest BCUT2D eigenvalue weighted by Gasteiger charge is 2.64. The molecule has 7 nitrogen and oxygen atoms in total. The van der Waals surface area contributed by atoms with Crippen LogP contribution >= 0.6 is 11.6 Å². The topological polar surface area (TPSA) is 99.4 Å². The Labute approximate surface area is 185 Å². The number of aromatic nitrogens is 2. The molecule has 170 valence electrons. The summed E-state index contributed by atoms with van der Waals surface area (Å²) in [7, 11) is 0. The fourth-order valence-corrected chi connectivity index (χ4v) is 4.57. The van der Waals surface area contributed by atoms with Crippen molar-refractivity contribution in [2.75, 3.05) is 5.53 Å². The molecule has 2 unspecified atom stereocenters. The van der Waals surface area contributed by atoms with Crippen LogP contribution in [0.4, 0.5) is 13.2 Å². The van der Waals surface area contributed by atoms with E-state index >= 15 is 0 Å². The lowest BCUT2D eigenvalue weighted by Gasteiger charge is -2.48. The number of hydrogen-bond acceptors (Lipinski definition) is 6. The molecule has 4 rings (SSSR count). The zero-order chi connectivity index (χ0) is 23.5. The van der Waals surface area contributed by atoms with Gasteiger partial charge in [-0.1, -0.05) is 49.7 Å². The van der Waals surface area contributed by atoms with Crippen LogP contribution in [0.2, 0.25) is 5.02 Å². The average Bonchev–Trinajstić information content (AvgIpc) is 2.70. The van der Waals surface area contributed by atoms with E-state index in [9.17, 15) is 28.2 Å². The third-order valence-corrected chi connectivity index (χ3v) is 6.14. The lowest BCUT2D eigenvalue weighted by atomic mass is 9.63. The number of benzene rings is 2. The Morgan fingerprint density at radius 1 is 1.22 bits per heavy atom. The van der Waals surface area contributed by atoms with Crippen molar-refractivity contribution in [3.8, 4) is 5.75 Å². The van der Waals surface area contributed by atoms with Gasteiger partial charge in [0.25, 0.3) is 5.56 Å². The molecule has 0 saturated carbocycles. The summed E-state index contributed by atoms with van der Waals surface area (Å²) >= 11 is 6.00. The molecule has 0 bridgehead atoms. The number of hydrogen-bond donors (Lipinski definition) is 4. The summed E-state index contributed by atoms with van der Waals surface area (Å²) < 4.78 is 42.3. The molecule has 2 atom stereocenters. The lowest BCUT2D eigenvalue weighted by Crippen LogP contribution is -2.61. The fourth-order valence-electron chi connectivity index (χ4n) is 4.41. The third kappa shape index (κ3) is 3.39. The first-order valence-electron chi connectivity index (χ1n) is 9.66. The van der Waals surface area contributed by atoms with E-state index in [1.807, 2.05) is 0 Å². The highest BCUT2D eigenvalue weighted by Crippen LogP contribution is 2.56. The van der Waals surface area contributed by atoms with Crippen LogP contribution in [0.5, 0.6) is 5.75 Å². The highest BCUT2D eigenvalue weighted by atomic mass is 35.5. The molecule has 1 aromatic heterocycles. The molecule has 0 amide bonds. The second-order valence-electron chi connectivity index (χ2n) is 8.48. The fraction of sp³-hybridized carbons (Fsp3) is 0.333. The Balaban J connectivity index is 1.81. The number of aliphatic hydroxyl groups is 1. The van der Waals surface area contributed by atoms with E-state index < -0.39 is 35.2 Å². The van der Waals surface area contributed by atoms with Crippen LogP contribution in [0.1, 0.15) is 37.4 Å². The van der Waals surface area contributed by atoms with Gasteiger partial charge < -0.3 is 10.2 Å². The van der Waals surface area contributed by atoms with Gasteiger partial charge in [-0.25, -0.2) is 11.0 Å². The molecule has 2 aromatic carbocycles. The van der Waals surface area contributed by atoms with Crippen molar-refractivity contribution in [3.63, 3.8) is 0 Å². The number of alkyl halides is 3. The van der Waals surface area contributed by atoms with Crippen molar-refractivity contribution in [1.29, 1.82) is 0 Å². The summed E-state index contributed by atoms with van der Waals surface area (Å²) in [5.74, 6) is -0.355. The molecule has 11 heteroatoms. The van der Waals surface area contributed by atoms with E-state index in [2.05, 4.69) is 16.1 Å². The van der Waals surface area contributed by atoms with Gasteiger partial charge in [-0.05, 0) is 29.5 Å². The summed E-state index contributed by atoms with van der Waals surface area (Å²) in [6, 6.07) is 7.39. The number of phenols is 1. The Hall–Kier alpha value is -2.82. The van der Waals surface area contributed by atoms with Crippen molar-refractivity contribution >= 4 is 22.4 Å². The first-order chi connectivity index (χ1) is 14.9. The highest BCUT2D eigenvalue weighted by molar-refractivity contribution is 6.32. The average molecular weight is 469 g/mol. The van der Waals surface area contributed by atoms with Crippen LogP contribution in [0, 0.1) is 0 Å². The summed E-state index contributed by atoms with van der Waals surface area (Å²) in [4.78, 5) is 13.4. The quantitative estimate of drug-likeness (QED) is 0.439. The third-order valence-electron chi connectivity index (χ3n) is 5.84. The second-order valence-corrected chi connectivity index (χ2v) is 8.89. The molecule has 32 heavy (non-hydrogen) atoms. The van der Waals surface area contributed by atoms with Crippen LogP contribution in [-0.2, 0) is 5.41 Å². The van der Waals surface area contributed by atoms with E-state index in [0.717, 1.165) is 4.79 Å². The Kier molecular flexibility index (Phi) is 5.15. The first-order valence-corrected chi connectivity index (χ1v) is 10.0. The van der Waals surface area contributed by atoms with Crippen LogP contribution in [0.15, 0.2) is 47.4 Å². The van der Waals surface area contributed by atoms with Gasteiger partial charge in [0.1, 0.15) is 5.75 Å². The maximum Gasteiger partial charge on any atom is 0.419 e. The smallest absolute Gasteiger partial charge is 0.419 e. The lowest BCUT2D eigenvalue weighted by molar-refractivity contribution is -0.281. The van der Waals surface area contributed by atoms with Gasteiger partial charge in [-0.3, -0.25) is 4.79 Å². The van der Waals surface area contributed by atoms with E-state index in [1.165, 1.54) is 32.2 Å². The number of nitrogens with zero attached hydrogens (tertiary/aromatic N) is 2. The summed E-state index contributed by atoms with van der Waals surface area (Å²) in [6.07, 6.45) is -4.41. The maximum absolute atomic E-state index is 14.1. The van der Waals surface area contributed by atoms with Crippen molar-refractivity contribution in [2.24, 2.45) is 0 Å². The van der Waals surface area contributed by atoms with Crippen molar-refractivity contribution < 1.29 is 23.4 Å². The van der Waals surface area contributed by atoms with E-state index in [-0.39, 0.29) is 21.9 Å². The Bertz CT molecular complexity index is 1260. The van der Waals surface area contributed by atoms with Gasteiger partial charge in [0.15, 0.2) is 5.60 Å². The second kappa shape index (κ2) is 7.36. The van der Waals surface area contributed by atoms with Gasteiger partial charge in [0.05, 0.1) is 22.6 Å². The molecular weight excluding hydrogens is 449 g/mol. The first kappa shape index (κ1) is 22.4. The van der Waals surface area contributed by atoms with Gasteiger partial charge in [0, 0.05) is 10.9 Å². The van der Waals surface area contributed by atoms with E-state index in [4.69, 9.17) is 11.6 Å². The monoisotopic (exact) mass is 468 g/mol. The normalized spacial score (nSPS) is 22.5. The molecule has 4 N–H and O–H groups in total. The predicted molar refractivity (Wildman–Crippen MR) is 113 cm³/mol. The van der Waals surface area contributed by atoms with Crippen LogP contribution in [0.3, 0.4) is 0 Å². The molecule has 3 aromatic rings. The molecule has 0 radical (unpaired) electrons. The molecule has 0 aliphatic heterocycles. The van der Waals surface area contributed by atoms with Crippen molar-refractivity contribution in [1.82, 2.24) is 15.3 Å². The number of aromatic hydroxyl groups is 1. The molecule has 1 aliphatic carbocycles. The van der Waals surface area contributed by atoms with E-state index in [0.29, 0.717) is 10.8 Å². The molecule has 0 spiro atoms. The van der Waals surface area contributed by atoms with Gasteiger partial charge in [-0.15, -0.1) is 4.79 Å². The molecule has 0 saturated heterocycles. The van der Waals surface area contributed by atoms with Crippen LogP contribution < -0.4 is 16.5 Å². The van der Waals surface area contributed by atoms with E-state index in [1.54, 1.807) is 24.3 Å². The molecule has 0 fully saturated rings. The minimum atomic E-state index is -5.03. The zero-order valence-corrected chi connectivity index (χ0v) is 17.8. The van der Waals surface area contributed by atoms with Crippen LogP contribution in [0.25, 0.3) is 10.8 Å². The largest absolute Gasteiger partial charge is 0.506 e. The van der Waals surface area contributed by atoms with Gasteiger partial charge >= 0.3 is 6.18 Å². The number of rotatable bonds is 3. The number of halogens is 4. The standard InChI is InChI=1S/C21H20ClF3N4O3/c1-19(2)10-20(32,21(23,24)25)17(13-7-8-14(22)16(30)15(13)19)27-28-29-18(31)12-6-4-3-5-11(12)9-26-29/h3-9,17,27-28,30,32H,10H2,1-2H3. The molecule has 1 heterocycles. The van der Waals surface area contributed by atoms with Crippen molar-refractivity contribution in [3.05, 3.63) is 69.1 Å². The maximum atomic E-state index is 14.1. The predicted octanol–water partition coefficient (Wildman–Crippen LogP) is 3.52. The minimum Gasteiger partial charge on any atom is -0.506 e. The number of hydrazine groups is 1. The summed E-state index contributed by atoms with van der Waals surface area (Å²) in [5, 5.41) is 26.1. The molecule has 1 aliphatic rings. The Morgan fingerprint density at radius 3 is 2.59 bits per heavy atom. The summed E-state index contributed by atoms with van der Waals surface area (Å²) in [5.41, 5.74) is -0.132. The van der Waals surface area contributed by atoms with Gasteiger partial charge in [-0.2, -0.15) is 18.3 Å². The minimum absolute atomic E-state index is 0.00990. The van der Waals surface area contributed by atoms with Gasteiger partial charge in [0.2, 0.25) is 0 Å². The summed E-state index contributed by atoms with van der Waals surface area (Å²) in [6.45, 7) is 2.97. The number of phenolic OH excluding ortho intramolecular Hbond substituents is 1. The number of fused-ring (bicyclic) bond motifs is 2. The SMILES string of the molecule is CC1(C)CC(O)(C(F)(F)F)C(NNn2ncc3ccccc3c2=O)c2ccc(Cl)c(O)c21. The zero-order valence-electron chi connectivity index (χ0n) is 17.0. The Morgan fingerprint density at radius 2 is 1.91 bits per heavy atom. The number of nitrogens with one attached hydrogen (secondary N) is 2. The van der Waals surface area contributed by atoms with Crippen molar-refractivity contribution in [2.45, 2.75) is 43.5 Å². The molecular formula is C21H20ClF3N4O3. The van der Waals surface area contributed by atoms with Crippen LogP contribution in [-0.4, -0.2) is 31.9 Å².